The van der Waals surface area contributed by atoms with Crippen LogP contribution in [0, 0.1) is 5.92 Å². The zero-order valence-corrected chi connectivity index (χ0v) is 14.3. The van der Waals surface area contributed by atoms with Crippen LogP contribution in [0.25, 0.3) is 0 Å². The molecular weight excluding hydrogens is 306 g/mol. The SMILES string of the molecule is COCC(C)(O)CNS(=O)(=O)c1ccc(OCC(C)C)cc1. The lowest BCUT2D eigenvalue weighted by molar-refractivity contribution is -0.0119. The minimum absolute atomic E-state index is 0.0392. The minimum atomic E-state index is -3.68. The van der Waals surface area contributed by atoms with Gasteiger partial charge in [0.15, 0.2) is 0 Å². The number of methoxy groups -OCH3 is 1. The minimum Gasteiger partial charge on any atom is -0.493 e. The molecule has 1 unspecified atom stereocenters. The normalized spacial score (nSPS) is 14.8. The zero-order chi connectivity index (χ0) is 16.8. The van der Waals surface area contributed by atoms with Gasteiger partial charge >= 0.3 is 0 Å². The van der Waals surface area contributed by atoms with Crippen molar-refractivity contribution in [1.82, 2.24) is 4.72 Å². The van der Waals surface area contributed by atoms with Crippen molar-refractivity contribution in [3.05, 3.63) is 24.3 Å². The maximum absolute atomic E-state index is 12.2. The van der Waals surface area contributed by atoms with Crippen molar-refractivity contribution < 1.29 is 23.0 Å². The number of benzene rings is 1. The predicted octanol–water partition coefficient (Wildman–Crippen LogP) is 1.40. The highest BCUT2D eigenvalue weighted by atomic mass is 32.2. The summed E-state index contributed by atoms with van der Waals surface area (Å²) in [6.07, 6.45) is 0. The average Bonchev–Trinajstić information content (AvgIpc) is 2.44. The second-order valence-electron chi connectivity index (χ2n) is 5.93. The van der Waals surface area contributed by atoms with Gasteiger partial charge in [-0.1, -0.05) is 13.8 Å². The molecule has 0 radical (unpaired) electrons. The molecule has 0 aliphatic heterocycles. The molecule has 7 heteroatoms. The van der Waals surface area contributed by atoms with Crippen LogP contribution in [-0.2, 0) is 14.8 Å². The van der Waals surface area contributed by atoms with E-state index in [0.29, 0.717) is 18.3 Å². The lowest BCUT2D eigenvalue weighted by Gasteiger charge is -2.22. The summed E-state index contributed by atoms with van der Waals surface area (Å²) < 4.78 is 37.0. The summed E-state index contributed by atoms with van der Waals surface area (Å²) in [5.74, 6) is 1.02. The van der Waals surface area contributed by atoms with E-state index in [4.69, 9.17) is 9.47 Å². The van der Waals surface area contributed by atoms with E-state index in [1.807, 2.05) is 13.8 Å². The van der Waals surface area contributed by atoms with Crippen molar-refractivity contribution in [3.8, 4) is 5.75 Å². The molecule has 0 aromatic heterocycles. The van der Waals surface area contributed by atoms with Crippen LogP contribution in [0.15, 0.2) is 29.2 Å². The van der Waals surface area contributed by atoms with Gasteiger partial charge in [-0.2, -0.15) is 0 Å². The number of aliphatic hydroxyl groups is 1. The first kappa shape index (κ1) is 18.9. The quantitative estimate of drug-likeness (QED) is 0.714. The molecule has 0 saturated carbocycles. The Morgan fingerprint density at radius 2 is 1.86 bits per heavy atom. The van der Waals surface area contributed by atoms with Gasteiger partial charge in [-0.15, -0.1) is 0 Å². The monoisotopic (exact) mass is 331 g/mol. The smallest absolute Gasteiger partial charge is 0.240 e. The molecule has 0 aliphatic carbocycles. The fraction of sp³-hybridized carbons (Fsp3) is 0.600. The van der Waals surface area contributed by atoms with Gasteiger partial charge in [0.05, 0.1) is 23.7 Å². The summed E-state index contributed by atoms with van der Waals surface area (Å²) in [5.41, 5.74) is -1.26. The second-order valence-corrected chi connectivity index (χ2v) is 7.70. The van der Waals surface area contributed by atoms with Gasteiger partial charge in [-0.3, -0.25) is 0 Å². The third kappa shape index (κ3) is 6.31. The highest BCUT2D eigenvalue weighted by Crippen LogP contribution is 2.17. The topological polar surface area (TPSA) is 84.9 Å². The van der Waals surface area contributed by atoms with Gasteiger partial charge < -0.3 is 14.6 Å². The first-order chi connectivity index (χ1) is 10.2. The van der Waals surface area contributed by atoms with Gasteiger partial charge in [-0.05, 0) is 37.1 Å². The molecule has 1 aromatic rings. The Morgan fingerprint density at radius 1 is 1.27 bits per heavy atom. The maximum Gasteiger partial charge on any atom is 0.240 e. The Balaban J connectivity index is 2.69. The van der Waals surface area contributed by atoms with Crippen molar-refractivity contribution in [3.63, 3.8) is 0 Å². The van der Waals surface area contributed by atoms with Gasteiger partial charge in [-0.25, -0.2) is 13.1 Å². The number of ether oxygens (including phenoxy) is 2. The molecule has 1 rings (SSSR count). The third-order valence-electron chi connectivity index (χ3n) is 2.82. The Kier molecular flexibility index (Phi) is 6.80. The third-order valence-corrected chi connectivity index (χ3v) is 4.23. The highest BCUT2D eigenvalue weighted by molar-refractivity contribution is 7.89. The lowest BCUT2D eigenvalue weighted by atomic mass is 10.1. The number of hydrogen-bond acceptors (Lipinski definition) is 5. The van der Waals surface area contributed by atoms with Crippen LogP contribution in [0.1, 0.15) is 20.8 Å². The predicted molar refractivity (Wildman–Crippen MR) is 84.5 cm³/mol. The van der Waals surface area contributed by atoms with Crippen LogP contribution in [0.3, 0.4) is 0 Å². The molecule has 1 atom stereocenters. The highest BCUT2D eigenvalue weighted by Gasteiger charge is 2.24. The Morgan fingerprint density at radius 3 is 2.36 bits per heavy atom. The lowest BCUT2D eigenvalue weighted by Crippen LogP contribution is -2.43. The summed E-state index contributed by atoms with van der Waals surface area (Å²) in [4.78, 5) is 0.123. The maximum atomic E-state index is 12.2. The first-order valence-corrected chi connectivity index (χ1v) is 8.58. The Bertz CT molecular complexity index is 552. The Labute approximate surface area is 132 Å². The molecule has 1 aromatic carbocycles. The molecule has 6 nitrogen and oxygen atoms in total. The number of nitrogens with one attached hydrogen (secondary N) is 1. The standard InChI is InChI=1S/C15H25NO5S/c1-12(2)9-21-13-5-7-14(8-6-13)22(18,19)16-10-15(3,17)11-20-4/h5-8,12,16-17H,9-11H2,1-4H3. The largest absolute Gasteiger partial charge is 0.493 e. The van der Waals surface area contributed by atoms with Crippen molar-refractivity contribution in [2.75, 3.05) is 26.9 Å². The van der Waals surface area contributed by atoms with Gasteiger partial charge in [0.1, 0.15) is 5.75 Å². The summed E-state index contributed by atoms with van der Waals surface area (Å²) in [5, 5.41) is 9.92. The van der Waals surface area contributed by atoms with Crippen LogP contribution in [0.5, 0.6) is 5.75 Å². The van der Waals surface area contributed by atoms with Crippen LogP contribution in [-0.4, -0.2) is 46.0 Å². The first-order valence-electron chi connectivity index (χ1n) is 7.10. The van der Waals surface area contributed by atoms with Gasteiger partial charge in [0, 0.05) is 13.7 Å². The summed E-state index contributed by atoms with van der Waals surface area (Å²) in [6, 6.07) is 6.18. The van der Waals surface area contributed by atoms with E-state index in [1.54, 1.807) is 12.1 Å². The van der Waals surface area contributed by atoms with Crippen LogP contribution in [0.4, 0.5) is 0 Å². The van der Waals surface area contributed by atoms with Crippen molar-refractivity contribution in [1.29, 1.82) is 0 Å². The molecule has 0 spiro atoms. The van der Waals surface area contributed by atoms with E-state index in [0.717, 1.165) is 0 Å². The fourth-order valence-electron chi connectivity index (χ4n) is 1.67. The molecule has 0 aliphatic rings. The molecule has 22 heavy (non-hydrogen) atoms. The molecule has 0 heterocycles. The van der Waals surface area contributed by atoms with Crippen molar-refractivity contribution >= 4 is 10.0 Å². The van der Waals surface area contributed by atoms with Crippen LogP contribution >= 0.6 is 0 Å². The van der Waals surface area contributed by atoms with Crippen LogP contribution < -0.4 is 9.46 Å². The molecule has 0 amide bonds. The number of sulfonamides is 1. The summed E-state index contributed by atoms with van der Waals surface area (Å²) >= 11 is 0. The molecule has 2 N–H and O–H groups in total. The van der Waals surface area contributed by atoms with Gasteiger partial charge in [0.25, 0.3) is 0 Å². The second kappa shape index (κ2) is 7.92. The average molecular weight is 331 g/mol. The van der Waals surface area contributed by atoms with Gasteiger partial charge in [0.2, 0.25) is 10.0 Å². The molecule has 0 saturated heterocycles. The zero-order valence-electron chi connectivity index (χ0n) is 13.5. The van der Waals surface area contributed by atoms with E-state index in [2.05, 4.69) is 4.72 Å². The molecule has 0 bridgehead atoms. The molecule has 126 valence electrons. The fourth-order valence-corrected chi connectivity index (χ4v) is 2.84. The summed E-state index contributed by atoms with van der Waals surface area (Å²) in [6.45, 7) is 6.06. The molecular formula is C15H25NO5S. The van der Waals surface area contributed by atoms with E-state index in [9.17, 15) is 13.5 Å². The van der Waals surface area contributed by atoms with E-state index in [1.165, 1.54) is 26.2 Å². The summed E-state index contributed by atoms with van der Waals surface area (Å²) in [7, 11) is -2.24. The molecule has 0 fully saturated rings. The van der Waals surface area contributed by atoms with Crippen molar-refractivity contribution in [2.24, 2.45) is 5.92 Å². The van der Waals surface area contributed by atoms with Crippen LogP contribution in [0.2, 0.25) is 0 Å². The van der Waals surface area contributed by atoms with E-state index >= 15 is 0 Å². The number of hydrogen-bond donors (Lipinski definition) is 2. The van der Waals surface area contributed by atoms with E-state index in [-0.39, 0.29) is 18.0 Å². The number of rotatable bonds is 9. The van der Waals surface area contributed by atoms with Crippen molar-refractivity contribution in [2.45, 2.75) is 31.3 Å². The Hall–Kier alpha value is -1.15. The van der Waals surface area contributed by atoms with E-state index < -0.39 is 15.6 Å².